The maximum absolute atomic E-state index is 13.3. The standard InChI is InChI=1S/C22H20N2O4S3/c1-29-18-6-3-7-19-21(18)23-22(30-19)24(14-16-5-4-12-28-16)20(25)13-15-8-10-17(11-9-15)31(2,26)27/h3-12H,13-14H2,1-2H3. The van der Waals surface area contributed by atoms with Crippen LogP contribution in [0.2, 0.25) is 0 Å². The van der Waals surface area contributed by atoms with Gasteiger partial charge in [-0.25, -0.2) is 13.4 Å². The fraction of sp³-hybridized carbons (Fsp3) is 0.182. The summed E-state index contributed by atoms with van der Waals surface area (Å²) in [5.74, 6) is 0.512. The van der Waals surface area contributed by atoms with Crippen LogP contribution in [-0.2, 0) is 27.6 Å². The molecule has 0 bridgehead atoms. The topological polar surface area (TPSA) is 80.5 Å². The van der Waals surface area contributed by atoms with E-state index in [1.165, 1.54) is 23.5 Å². The van der Waals surface area contributed by atoms with Crippen molar-refractivity contribution in [1.82, 2.24) is 4.98 Å². The Morgan fingerprint density at radius 2 is 1.90 bits per heavy atom. The molecule has 160 valence electrons. The van der Waals surface area contributed by atoms with Crippen molar-refractivity contribution in [2.45, 2.75) is 22.8 Å². The summed E-state index contributed by atoms with van der Waals surface area (Å²) < 4.78 is 29.8. The number of anilines is 1. The first-order valence-electron chi connectivity index (χ1n) is 9.40. The molecule has 2 aromatic carbocycles. The van der Waals surface area contributed by atoms with Gasteiger partial charge in [0.1, 0.15) is 5.76 Å². The quantitative estimate of drug-likeness (QED) is 0.360. The van der Waals surface area contributed by atoms with Crippen molar-refractivity contribution in [2.24, 2.45) is 0 Å². The van der Waals surface area contributed by atoms with Gasteiger partial charge in [-0.2, -0.15) is 0 Å². The number of carbonyl (C=O) groups is 1. The Morgan fingerprint density at radius 3 is 2.55 bits per heavy atom. The molecule has 6 nitrogen and oxygen atoms in total. The molecule has 0 unspecified atom stereocenters. The molecule has 2 heterocycles. The maximum atomic E-state index is 13.3. The summed E-state index contributed by atoms with van der Waals surface area (Å²) in [6, 6.07) is 16.0. The van der Waals surface area contributed by atoms with E-state index in [4.69, 9.17) is 9.40 Å². The maximum Gasteiger partial charge on any atom is 0.233 e. The number of amides is 1. The molecule has 0 N–H and O–H groups in total. The number of fused-ring (bicyclic) bond motifs is 1. The molecular weight excluding hydrogens is 452 g/mol. The van der Waals surface area contributed by atoms with E-state index < -0.39 is 9.84 Å². The van der Waals surface area contributed by atoms with Crippen molar-refractivity contribution < 1.29 is 17.6 Å². The van der Waals surface area contributed by atoms with Crippen LogP contribution in [0.25, 0.3) is 10.2 Å². The number of aromatic nitrogens is 1. The zero-order valence-electron chi connectivity index (χ0n) is 16.9. The summed E-state index contributed by atoms with van der Waals surface area (Å²) in [6.45, 7) is 0.266. The first-order chi connectivity index (χ1) is 14.8. The van der Waals surface area contributed by atoms with Crippen LogP contribution in [0.1, 0.15) is 11.3 Å². The molecule has 4 aromatic rings. The van der Waals surface area contributed by atoms with E-state index >= 15 is 0 Å². The number of hydrogen-bond donors (Lipinski definition) is 0. The lowest BCUT2D eigenvalue weighted by atomic mass is 10.1. The average molecular weight is 473 g/mol. The highest BCUT2D eigenvalue weighted by Gasteiger charge is 2.22. The third-order valence-electron chi connectivity index (χ3n) is 4.72. The second kappa shape index (κ2) is 8.86. The molecule has 0 spiro atoms. The predicted octanol–water partition coefficient (Wildman–Crippen LogP) is 4.79. The number of furan rings is 1. The van der Waals surface area contributed by atoms with Gasteiger partial charge in [-0.3, -0.25) is 9.69 Å². The van der Waals surface area contributed by atoms with Gasteiger partial charge in [0.2, 0.25) is 5.91 Å². The van der Waals surface area contributed by atoms with Crippen molar-refractivity contribution in [1.29, 1.82) is 0 Å². The van der Waals surface area contributed by atoms with Crippen LogP contribution in [-0.4, -0.2) is 31.8 Å². The number of thiazole rings is 1. The Hall–Kier alpha value is -2.62. The van der Waals surface area contributed by atoms with Crippen molar-refractivity contribution in [3.63, 3.8) is 0 Å². The fourth-order valence-corrected chi connectivity index (χ4v) is 5.40. The molecule has 0 radical (unpaired) electrons. The molecule has 0 fully saturated rings. The number of nitrogens with zero attached hydrogens (tertiary/aromatic N) is 2. The summed E-state index contributed by atoms with van der Waals surface area (Å²) >= 11 is 3.08. The van der Waals surface area contributed by atoms with Crippen LogP contribution in [0.15, 0.2) is 75.1 Å². The first-order valence-corrected chi connectivity index (χ1v) is 13.3. The molecule has 31 heavy (non-hydrogen) atoms. The van der Waals surface area contributed by atoms with E-state index in [9.17, 15) is 13.2 Å². The zero-order chi connectivity index (χ0) is 22.0. The number of thioether (sulfide) groups is 1. The highest BCUT2D eigenvalue weighted by Crippen LogP contribution is 2.35. The minimum atomic E-state index is -3.28. The first kappa shape index (κ1) is 21.6. The van der Waals surface area contributed by atoms with Gasteiger partial charge in [-0.15, -0.1) is 11.8 Å². The molecule has 0 saturated heterocycles. The van der Waals surface area contributed by atoms with Crippen LogP contribution < -0.4 is 4.90 Å². The summed E-state index contributed by atoms with van der Waals surface area (Å²) in [5, 5.41) is 0.602. The molecule has 0 aliphatic carbocycles. The van der Waals surface area contributed by atoms with Crippen LogP contribution in [0.4, 0.5) is 5.13 Å². The van der Waals surface area contributed by atoms with Gasteiger partial charge in [-0.1, -0.05) is 29.5 Å². The summed E-state index contributed by atoms with van der Waals surface area (Å²) in [6.07, 6.45) is 4.86. The fourth-order valence-electron chi connectivity index (χ4n) is 3.14. The molecule has 4 rings (SSSR count). The molecule has 1 amide bonds. The van der Waals surface area contributed by atoms with E-state index in [1.807, 2.05) is 30.5 Å². The second-order valence-electron chi connectivity index (χ2n) is 6.96. The normalized spacial score (nSPS) is 11.7. The average Bonchev–Trinajstić information content (AvgIpc) is 3.40. The zero-order valence-corrected chi connectivity index (χ0v) is 19.4. The van der Waals surface area contributed by atoms with Gasteiger partial charge in [0.05, 0.1) is 34.3 Å². The molecule has 0 atom stereocenters. The van der Waals surface area contributed by atoms with Gasteiger partial charge < -0.3 is 4.42 Å². The van der Waals surface area contributed by atoms with Gasteiger partial charge in [0.15, 0.2) is 15.0 Å². The highest BCUT2D eigenvalue weighted by atomic mass is 32.2. The van der Waals surface area contributed by atoms with Gasteiger partial charge in [-0.05, 0) is 48.2 Å². The van der Waals surface area contributed by atoms with E-state index in [2.05, 4.69) is 0 Å². The van der Waals surface area contributed by atoms with E-state index in [1.54, 1.807) is 41.1 Å². The second-order valence-corrected chi connectivity index (χ2v) is 10.8. The predicted molar refractivity (Wildman–Crippen MR) is 125 cm³/mol. The summed E-state index contributed by atoms with van der Waals surface area (Å²) in [5.41, 5.74) is 1.61. The molecule has 0 aliphatic heterocycles. The lowest BCUT2D eigenvalue weighted by molar-refractivity contribution is -0.118. The largest absolute Gasteiger partial charge is 0.467 e. The van der Waals surface area contributed by atoms with Crippen molar-refractivity contribution in [2.75, 3.05) is 17.4 Å². The number of para-hydroxylation sites is 1. The van der Waals surface area contributed by atoms with Crippen molar-refractivity contribution in [3.05, 3.63) is 72.2 Å². The number of carbonyl (C=O) groups excluding carboxylic acids is 1. The summed E-state index contributed by atoms with van der Waals surface area (Å²) in [7, 11) is -3.28. The van der Waals surface area contributed by atoms with Crippen LogP contribution in [0.3, 0.4) is 0 Å². The monoisotopic (exact) mass is 472 g/mol. The number of hydrogen-bond acceptors (Lipinski definition) is 7. The molecule has 0 saturated carbocycles. The van der Waals surface area contributed by atoms with E-state index in [0.717, 1.165) is 26.9 Å². The Balaban J connectivity index is 1.66. The van der Waals surface area contributed by atoms with Crippen LogP contribution in [0, 0.1) is 0 Å². The lowest BCUT2D eigenvalue weighted by Crippen LogP contribution is -2.31. The van der Waals surface area contributed by atoms with Gasteiger partial charge in [0, 0.05) is 11.2 Å². The molecule has 0 aliphatic rings. The molecular formula is C22H20N2O4S3. The Bertz CT molecular complexity index is 1310. The highest BCUT2D eigenvalue weighted by molar-refractivity contribution is 7.98. The number of rotatable bonds is 7. The van der Waals surface area contributed by atoms with E-state index in [0.29, 0.717) is 10.9 Å². The van der Waals surface area contributed by atoms with E-state index in [-0.39, 0.29) is 23.8 Å². The van der Waals surface area contributed by atoms with Crippen molar-refractivity contribution in [3.8, 4) is 0 Å². The third kappa shape index (κ3) is 4.84. The summed E-state index contributed by atoms with van der Waals surface area (Å²) in [4.78, 5) is 20.9. The van der Waals surface area contributed by atoms with Crippen LogP contribution >= 0.6 is 23.1 Å². The lowest BCUT2D eigenvalue weighted by Gasteiger charge is -2.19. The Labute approximate surface area is 188 Å². The SMILES string of the molecule is CSc1cccc2sc(N(Cc3ccco3)C(=O)Cc3ccc(S(C)(=O)=O)cc3)nc12. The number of benzene rings is 2. The van der Waals surface area contributed by atoms with Gasteiger partial charge >= 0.3 is 0 Å². The molecule has 9 heteroatoms. The van der Waals surface area contributed by atoms with Crippen molar-refractivity contribution >= 4 is 54.2 Å². The minimum Gasteiger partial charge on any atom is -0.467 e. The number of sulfone groups is 1. The Kier molecular flexibility index (Phi) is 6.17. The smallest absolute Gasteiger partial charge is 0.233 e. The van der Waals surface area contributed by atoms with Crippen LogP contribution in [0.5, 0.6) is 0 Å². The molecule has 2 aromatic heterocycles. The Morgan fingerprint density at radius 1 is 1.13 bits per heavy atom. The third-order valence-corrected chi connectivity index (χ3v) is 7.66. The van der Waals surface area contributed by atoms with Gasteiger partial charge in [0.25, 0.3) is 0 Å². The minimum absolute atomic E-state index is 0.121.